The maximum absolute atomic E-state index is 13.2. The molecule has 0 atom stereocenters. The molecule has 1 heterocycles. The summed E-state index contributed by atoms with van der Waals surface area (Å²) in [6.45, 7) is 0.240. The normalized spacial score (nSPS) is 10.3. The number of aromatic nitrogens is 1. The van der Waals surface area contributed by atoms with Gasteiger partial charge in [0.05, 0.1) is 6.54 Å². The molecule has 2 aromatic rings. The van der Waals surface area contributed by atoms with Crippen molar-refractivity contribution >= 4 is 17.2 Å². The summed E-state index contributed by atoms with van der Waals surface area (Å²) in [5.41, 5.74) is 6.60. The van der Waals surface area contributed by atoms with Gasteiger partial charge >= 0.3 is 0 Å². The molecule has 2 N–H and O–H groups in total. The maximum atomic E-state index is 13.2. The lowest BCUT2D eigenvalue weighted by atomic mass is 10.1. The first kappa shape index (κ1) is 12.4. The summed E-state index contributed by atoms with van der Waals surface area (Å²) >= 11 is 4.91. The van der Waals surface area contributed by atoms with Crippen LogP contribution >= 0.6 is 12.2 Å². The van der Waals surface area contributed by atoms with Gasteiger partial charge in [0.1, 0.15) is 10.8 Å². The topological polar surface area (TPSA) is 48.0 Å². The lowest BCUT2D eigenvalue weighted by Gasteiger charge is -2.10. The predicted molar refractivity (Wildman–Crippen MR) is 72.1 cm³/mol. The van der Waals surface area contributed by atoms with Crippen LogP contribution in [0.5, 0.6) is 0 Å². The van der Waals surface area contributed by atoms with E-state index >= 15 is 0 Å². The molecule has 0 radical (unpaired) electrons. The van der Waals surface area contributed by atoms with Crippen molar-refractivity contribution in [3.63, 3.8) is 0 Å². The minimum atomic E-state index is -0.381. The van der Waals surface area contributed by atoms with Crippen molar-refractivity contribution in [1.29, 1.82) is 0 Å². The molecule has 0 spiro atoms. The van der Waals surface area contributed by atoms with Crippen LogP contribution in [0.2, 0.25) is 0 Å². The Hall–Kier alpha value is -2.01. The van der Waals surface area contributed by atoms with Gasteiger partial charge in [-0.25, -0.2) is 4.39 Å². The third-order valence-electron chi connectivity index (χ3n) is 2.57. The van der Waals surface area contributed by atoms with Crippen LogP contribution in [0.25, 0.3) is 0 Å². The Morgan fingerprint density at radius 2 is 2.11 bits per heavy atom. The minimum Gasteiger partial charge on any atom is -0.389 e. The highest BCUT2D eigenvalue weighted by molar-refractivity contribution is 7.80. The molecule has 2 rings (SSSR count). The van der Waals surface area contributed by atoms with Gasteiger partial charge in [0, 0.05) is 17.8 Å². The Kier molecular flexibility index (Phi) is 3.53. The van der Waals surface area contributed by atoms with Crippen molar-refractivity contribution < 1.29 is 4.39 Å². The minimum absolute atomic E-state index is 0.157. The van der Waals surface area contributed by atoms with Crippen molar-refractivity contribution in [3.8, 4) is 0 Å². The number of thiocarbonyl (C=S) groups is 1. The van der Waals surface area contributed by atoms with E-state index in [0.717, 1.165) is 0 Å². The second kappa shape index (κ2) is 5.10. The van der Waals surface area contributed by atoms with E-state index in [1.807, 2.05) is 0 Å². The largest absolute Gasteiger partial charge is 0.389 e. The number of benzene rings is 1. The maximum Gasteiger partial charge on any atom is 0.250 e. The van der Waals surface area contributed by atoms with E-state index in [1.165, 1.54) is 28.8 Å². The third kappa shape index (κ3) is 2.62. The molecule has 0 aliphatic carbocycles. The fraction of sp³-hybridized carbons (Fsp3) is 0.0769. The van der Waals surface area contributed by atoms with Gasteiger partial charge in [-0.1, -0.05) is 18.3 Å². The Morgan fingerprint density at radius 1 is 1.33 bits per heavy atom. The van der Waals surface area contributed by atoms with E-state index < -0.39 is 0 Å². The number of pyridine rings is 1. The zero-order valence-electron chi connectivity index (χ0n) is 9.47. The highest BCUT2D eigenvalue weighted by Crippen LogP contribution is 2.12. The predicted octanol–water partition coefficient (Wildman–Crippen LogP) is 1.67. The molecule has 1 aromatic carbocycles. The second-order valence-electron chi connectivity index (χ2n) is 3.83. The van der Waals surface area contributed by atoms with Gasteiger partial charge < -0.3 is 10.3 Å². The average molecular weight is 262 g/mol. The molecule has 18 heavy (non-hydrogen) atoms. The summed E-state index contributed by atoms with van der Waals surface area (Å²) < 4.78 is 14.7. The quantitative estimate of drug-likeness (QED) is 0.856. The average Bonchev–Trinajstić information content (AvgIpc) is 2.32. The number of hydrogen-bond donors (Lipinski definition) is 1. The molecule has 3 nitrogen and oxygen atoms in total. The fourth-order valence-corrected chi connectivity index (χ4v) is 1.91. The second-order valence-corrected chi connectivity index (χ2v) is 4.27. The van der Waals surface area contributed by atoms with Crippen LogP contribution < -0.4 is 11.3 Å². The van der Waals surface area contributed by atoms with E-state index in [4.69, 9.17) is 18.0 Å². The summed E-state index contributed by atoms with van der Waals surface area (Å²) in [5.74, 6) is -0.381. The van der Waals surface area contributed by atoms with E-state index in [2.05, 4.69) is 0 Å². The first-order valence-electron chi connectivity index (χ1n) is 5.31. The summed E-state index contributed by atoms with van der Waals surface area (Å²) in [5, 5.41) is 0. The summed E-state index contributed by atoms with van der Waals surface area (Å²) in [6, 6.07) is 9.00. The van der Waals surface area contributed by atoms with Crippen LogP contribution in [0.4, 0.5) is 4.39 Å². The Balaban J connectivity index is 2.46. The Bertz CT molecular complexity index is 651. The number of nitrogens with zero attached hydrogens (tertiary/aromatic N) is 1. The third-order valence-corrected chi connectivity index (χ3v) is 2.79. The summed E-state index contributed by atoms with van der Waals surface area (Å²) in [7, 11) is 0. The summed E-state index contributed by atoms with van der Waals surface area (Å²) in [4.78, 5) is 11.8. The molecule has 0 bridgehead atoms. The van der Waals surface area contributed by atoms with Crippen LogP contribution in [0.3, 0.4) is 0 Å². The molecule has 0 saturated heterocycles. The van der Waals surface area contributed by atoms with Gasteiger partial charge in [-0.3, -0.25) is 4.79 Å². The number of rotatable bonds is 3. The molecule has 0 aliphatic rings. The van der Waals surface area contributed by atoms with E-state index in [1.54, 1.807) is 18.3 Å². The Morgan fingerprint density at radius 3 is 2.78 bits per heavy atom. The number of hydrogen-bond acceptors (Lipinski definition) is 2. The van der Waals surface area contributed by atoms with Gasteiger partial charge in [0.2, 0.25) is 0 Å². The highest BCUT2D eigenvalue weighted by atomic mass is 32.1. The van der Waals surface area contributed by atoms with Crippen molar-refractivity contribution in [2.45, 2.75) is 6.54 Å². The molecular formula is C13H11FN2OS. The van der Waals surface area contributed by atoms with Gasteiger partial charge in [-0.15, -0.1) is 0 Å². The first-order chi connectivity index (χ1) is 8.58. The van der Waals surface area contributed by atoms with Gasteiger partial charge in [0.25, 0.3) is 5.56 Å². The molecule has 0 aliphatic heterocycles. The smallest absolute Gasteiger partial charge is 0.250 e. The fourth-order valence-electron chi connectivity index (χ4n) is 1.71. The van der Waals surface area contributed by atoms with E-state index in [-0.39, 0.29) is 22.9 Å². The van der Waals surface area contributed by atoms with E-state index in [0.29, 0.717) is 11.1 Å². The SMILES string of the molecule is NC(=S)c1ccc(F)cc1Cn1ccccc1=O. The molecule has 5 heteroatoms. The van der Waals surface area contributed by atoms with Crippen molar-refractivity contribution in [2.24, 2.45) is 5.73 Å². The number of halogens is 1. The van der Waals surface area contributed by atoms with Gasteiger partial charge in [-0.05, 0) is 29.8 Å². The molecule has 1 aromatic heterocycles. The molecule has 0 fully saturated rings. The Labute approximate surface area is 109 Å². The van der Waals surface area contributed by atoms with Gasteiger partial charge in [0.15, 0.2) is 0 Å². The summed E-state index contributed by atoms with van der Waals surface area (Å²) in [6.07, 6.45) is 1.64. The first-order valence-corrected chi connectivity index (χ1v) is 5.72. The van der Waals surface area contributed by atoms with Crippen LogP contribution in [-0.2, 0) is 6.54 Å². The van der Waals surface area contributed by atoms with Gasteiger partial charge in [-0.2, -0.15) is 0 Å². The molecule has 92 valence electrons. The molecular weight excluding hydrogens is 251 g/mol. The van der Waals surface area contributed by atoms with E-state index in [9.17, 15) is 9.18 Å². The van der Waals surface area contributed by atoms with Crippen molar-refractivity contribution in [3.05, 3.63) is 69.9 Å². The standard InChI is InChI=1S/C13H11FN2OS/c14-10-4-5-11(13(15)18)9(7-10)8-16-6-2-1-3-12(16)17/h1-7H,8H2,(H2,15,18). The lowest BCUT2D eigenvalue weighted by molar-refractivity contribution is 0.622. The van der Waals surface area contributed by atoms with Crippen LogP contribution in [0, 0.1) is 5.82 Å². The van der Waals surface area contributed by atoms with Crippen LogP contribution in [0.15, 0.2) is 47.4 Å². The van der Waals surface area contributed by atoms with Crippen molar-refractivity contribution in [1.82, 2.24) is 4.57 Å². The zero-order chi connectivity index (χ0) is 13.1. The van der Waals surface area contributed by atoms with Crippen molar-refractivity contribution in [2.75, 3.05) is 0 Å². The molecule has 0 amide bonds. The lowest BCUT2D eigenvalue weighted by Crippen LogP contribution is -2.21. The molecule has 0 unspecified atom stereocenters. The van der Waals surface area contributed by atoms with Crippen LogP contribution in [-0.4, -0.2) is 9.56 Å². The highest BCUT2D eigenvalue weighted by Gasteiger charge is 2.07. The zero-order valence-corrected chi connectivity index (χ0v) is 10.3. The molecule has 0 saturated carbocycles. The monoisotopic (exact) mass is 262 g/mol. The number of nitrogens with two attached hydrogens (primary N) is 1. The van der Waals surface area contributed by atoms with Crippen LogP contribution in [0.1, 0.15) is 11.1 Å².